The highest BCUT2D eigenvalue weighted by atomic mass is 16.4. The maximum absolute atomic E-state index is 11.6. The number of nitrogens with zero attached hydrogens (tertiary/aromatic N) is 1. The summed E-state index contributed by atoms with van der Waals surface area (Å²) >= 11 is 0. The molecule has 3 atom stereocenters. The third kappa shape index (κ3) is 2.52. The summed E-state index contributed by atoms with van der Waals surface area (Å²) in [5.74, 6) is 1.10. The number of anilines is 1. The zero-order valence-electron chi connectivity index (χ0n) is 14.1. The Balaban J connectivity index is 1.67. The van der Waals surface area contributed by atoms with Gasteiger partial charge in [0.05, 0.1) is 5.56 Å². The third-order valence-corrected chi connectivity index (χ3v) is 6.18. The summed E-state index contributed by atoms with van der Waals surface area (Å²) in [7, 11) is 0. The van der Waals surface area contributed by atoms with Gasteiger partial charge in [0, 0.05) is 17.8 Å². The Bertz CT molecular complexity index is 653. The average Bonchev–Trinajstić information content (AvgIpc) is 3.08. The van der Waals surface area contributed by atoms with Crippen molar-refractivity contribution in [3.63, 3.8) is 0 Å². The van der Waals surface area contributed by atoms with Gasteiger partial charge in [-0.25, -0.2) is 9.78 Å². The lowest BCUT2D eigenvalue weighted by Crippen LogP contribution is -2.32. The molecule has 1 aromatic heterocycles. The fourth-order valence-electron chi connectivity index (χ4n) is 5.20. The van der Waals surface area contributed by atoms with E-state index in [9.17, 15) is 9.90 Å². The summed E-state index contributed by atoms with van der Waals surface area (Å²) in [4.78, 5) is 16.1. The van der Waals surface area contributed by atoms with Gasteiger partial charge in [-0.05, 0) is 61.3 Å². The van der Waals surface area contributed by atoms with Crippen LogP contribution in [0.15, 0.2) is 6.20 Å². The Hall–Kier alpha value is -1.58. The van der Waals surface area contributed by atoms with Crippen molar-refractivity contribution < 1.29 is 9.90 Å². The zero-order chi connectivity index (χ0) is 16.2. The highest BCUT2D eigenvalue weighted by molar-refractivity contribution is 5.91. The molecule has 23 heavy (non-hydrogen) atoms. The number of carbonyl (C=O) groups is 1. The number of pyridine rings is 1. The second-order valence-electron chi connectivity index (χ2n) is 8.46. The molecule has 1 aromatic rings. The van der Waals surface area contributed by atoms with Gasteiger partial charge in [-0.2, -0.15) is 0 Å². The first-order valence-corrected chi connectivity index (χ1v) is 8.97. The minimum absolute atomic E-state index is 0.388. The van der Waals surface area contributed by atoms with Crippen molar-refractivity contribution in [2.75, 3.05) is 5.32 Å². The van der Waals surface area contributed by atoms with E-state index in [4.69, 9.17) is 0 Å². The Morgan fingerprint density at radius 2 is 2.00 bits per heavy atom. The second-order valence-corrected chi connectivity index (χ2v) is 8.46. The van der Waals surface area contributed by atoms with Gasteiger partial charge < -0.3 is 10.4 Å². The molecule has 3 aliphatic carbocycles. The summed E-state index contributed by atoms with van der Waals surface area (Å²) in [6, 6.07) is 0.463. The molecule has 0 radical (unpaired) electrons. The molecule has 0 spiro atoms. The molecule has 2 saturated carbocycles. The molecule has 0 saturated heterocycles. The maximum atomic E-state index is 11.6. The highest BCUT2D eigenvalue weighted by Gasteiger charge is 2.42. The highest BCUT2D eigenvalue weighted by Crippen LogP contribution is 2.56. The zero-order valence-corrected chi connectivity index (χ0v) is 14.1. The van der Waals surface area contributed by atoms with E-state index < -0.39 is 5.97 Å². The molecule has 3 aliphatic rings. The number of carboxylic acids is 1. The second kappa shape index (κ2) is 5.22. The van der Waals surface area contributed by atoms with Crippen molar-refractivity contribution in [3.05, 3.63) is 22.9 Å². The lowest BCUT2D eigenvalue weighted by atomic mass is 9.75. The minimum Gasteiger partial charge on any atom is -0.478 e. The van der Waals surface area contributed by atoms with E-state index in [2.05, 4.69) is 24.1 Å². The van der Waals surface area contributed by atoms with Gasteiger partial charge >= 0.3 is 5.97 Å². The summed E-state index contributed by atoms with van der Waals surface area (Å²) in [6.07, 6.45) is 9.92. The number of fused-ring (bicyclic) bond motifs is 5. The van der Waals surface area contributed by atoms with Gasteiger partial charge in [0.2, 0.25) is 0 Å². The van der Waals surface area contributed by atoms with E-state index in [0.29, 0.717) is 28.9 Å². The van der Waals surface area contributed by atoms with Gasteiger partial charge in [0.25, 0.3) is 0 Å². The molecule has 2 bridgehead atoms. The van der Waals surface area contributed by atoms with Crippen LogP contribution >= 0.6 is 0 Å². The Kier molecular flexibility index (Phi) is 3.40. The van der Waals surface area contributed by atoms with Crippen LogP contribution in [0.25, 0.3) is 0 Å². The van der Waals surface area contributed by atoms with Crippen LogP contribution in [0.3, 0.4) is 0 Å². The van der Waals surface area contributed by atoms with Crippen LogP contribution in [-0.2, 0) is 0 Å². The SMILES string of the molecule is CC1(C)CCCC(Nc2ncc(C(=O)O)c3c2C2CCC3C2)C1. The lowest BCUT2D eigenvalue weighted by molar-refractivity contribution is 0.0694. The number of carboxylic acid groups (broad SMARTS) is 1. The van der Waals surface area contributed by atoms with E-state index in [1.807, 2.05) is 0 Å². The summed E-state index contributed by atoms with van der Waals surface area (Å²) < 4.78 is 0. The number of hydrogen-bond donors (Lipinski definition) is 2. The van der Waals surface area contributed by atoms with Gasteiger partial charge in [-0.1, -0.05) is 20.3 Å². The molecular formula is C19H26N2O2. The van der Waals surface area contributed by atoms with Crippen LogP contribution in [0.5, 0.6) is 0 Å². The first-order valence-electron chi connectivity index (χ1n) is 8.97. The smallest absolute Gasteiger partial charge is 0.337 e. The van der Waals surface area contributed by atoms with Crippen LogP contribution in [0.4, 0.5) is 5.82 Å². The largest absolute Gasteiger partial charge is 0.478 e. The topological polar surface area (TPSA) is 62.2 Å². The molecule has 1 heterocycles. The normalized spacial score (nSPS) is 31.0. The maximum Gasteiger partial charge on any atom is 0.337 e. The van der Waals surface area contributed by atoms with Gasteiger partial charge in [-0.15, -0.1) is 0 Å². The van der Waals surface area contributed by atoms with E-state index >= 15 is 0 Å². The summed E-state index contributed by atoms with van der Waals surface area (Å²) in [5, 5.41) is 13.2. The molecule has 4 nitrogen and oxygen atoms in total. The Labute approximate surface area is 137 Å². The summed E-state index contributed by atoms with van der Waals surface area (Å²) in [5.41, 5.74) is 3.13. The van der Waals surface area contributed by atoms with Crippen molar-refractivity contribution in [2.45, 2.75) is 76.7 Å². The number of aromatic nitrogens is 1. The quantitative estimate of drug-likeness (QED) is 0.860. The molecule has 124 valence electrons. The molecule has 0 aliphatic heterocycles. The first-order chi connectivity index (χ1) is 10.9. The van der Waals surface area contributed by atoms with Crippen molar-refractivity contribution in [2.24, 2.45) is 5.41 Å². The standard InChI is InChI=1S/C19H26N2O2/c1-19(2)7-3-4-13(9-19)21-17-16-12-6-5-11(8-12)15(16)14(10-20-17)18(22)23/h10-13H,3-9H2,1-2H3,(H,20,21)(H,22,23). The summed E-state index contributed by atoms with van der Waals surface area (Å²) in [6.45, 7) is 4.68. The fraction of sp³-hybridized carbons (Fsp3) is 0.684. The molecule has 2 N–H and O–H groups in total. The number of aromatic carboxylic acids is 1. The number of rotatable bonds is 3. The van der Waals surface area contributed by atoms with Crippen molar-refractivity contribution in [1.82, 2.24) is 4.98 Å². The Morgan fingerprint density at radius 3 is 2.70 bits per heavy atom. The van der Waals surface area contributed by atoms with Crippen LogP contribution in [0.1, 0.15) is 92.1 Å². The molecule has 2 fully saturated rings. The van der Waals surface area contributed by atoms with E-state index in [1.165, 1.54) is 31.2 Å². The number of hydrogen-bond acceptors (Lipinski definition) is 3. The molecule has 0 amide bonds. The molecule has 4 rings (SSSR count). The van der Waals surface area contributed by atoms with Crippen molar-refractivity contribution >= 4 is 11.8 Å². The third-order valence-electron chi connectivity index (χ3n) is 6.18. The van der Waals surface area contributed by atoms with Crippen LogP contribution in [0.2, 0.25) is 0 Å². The molecule has 0 aromatic carbocycles. The van der Waals surface area contributed by atoms with Gasteiger partial charge in [0.1, 0.15) is 5.82 Å². The van der Waals surface area contributed by atoms with E-state index in [0.717, 1.165) is 30.6 Å². The average molecular weight is 314 g/mol. The van der Waals surface area contributed by atoms with Gasteiger partial charge in [0.15, 0.2) is 0 Å². The van der Waals surface area contributed by atoms with Crippen molar-refractivity contribution in [3.8, 4) is 0 Å². The van der Waals surface area contributed by atoms with Crippen LogP contribution < -0.4 is 5.32 Å². The lowest BCUT2D eigenvalue weighted by Gasteiger charge is -2.36. The van der Waals surface area contributed by atoms with E-state index in [1.54, 1.807) is 6.20 Å². The van der Waals surface area contributed by atoms with Gasteiger partial charge in [-0.3, -0.25) is 0 Å². The fourth-order valence-corrected chi connectivity index (χ4v) is 5.20. The minimum atomic E-state index is -0.827. The molecule has 3 unspecified atom stereocenters. The van der Waals surface area contributed by atoms with Crippen LogP contribution in [0, 0.1) is 5.41 Å². The van der Waals surface area contributed by atoms with Crippen molar-refractivity contribution in [1.29, 1.82) is 0 Å². The van der Waals surface area contributed by atoms with E-state index in [-0.39, 0.29) is 0 Å². The monoisotopic (exact) mass is 314 g/mol. The Morgan fingerprint density at radius 1 is 1.26 bits per heavy atom. The molecule has 4 heteroatoms. The van der Waals surface area contributed by atoms with Crippen LogP contribution in [-0.4, -0.2) is 22.1 Å². The number of nitrogens with one attached hydrogen (secondary N) is 1. The predicted octanol–water partition coefficient (Wildman–Crippen LogP) is 4.53. The first kappa shape index (κ1) is 15.0. The predicted molar refractivity (Wildman–Crippen MR) is 90.2 cm³/mol. The molecular weight excluding hydrogens is 288 g/mol.